The zero-order valence-electron chi connectivity index (χ0n) is 9.86. The second kappa shape index (κ2) is 3.24. The zero-order valence-corrected chi connectivity index (χ0v) is 9.86. The molecule has 2 fully saturated rings. The van der Waals surface area contributed by atoms with Crippen LogP contribution in [0.5, 0.6) is 5.75 Å². The van der Waals surface area contributed by atoms with Crippen LogP contribution in [0.2, 0.25) is 0 Å². The van der Waals surface area contributed by atoms with Crippen molar-refractivity contribution in [2.24, 2.45) is 5.73 Å². The van der Waals surface area contributed by atoms with E-state index in [1.165, 1.54) is 18.4 Å². The Morgan fingerprint density at radius 3 is 2.59 bits per heavy atom. The number of piperidine rings is 1. The van der Waals surface area contributed by atoms with E-state index in [1.807, 2.05) is 12.1 Å². The van der Waals surface area contributed by atoms with Gasteiger partial charge in [-0.05, 0) is 18.9 Å². The van der Waals surface area contributed by atoms with Gasteiger partial charge in [0.2, 0.25) is 0 Å². The molecule has 0 radical (unpaired) electrons. The van der Waals surface area contributed by atoms with Crippen molar-refractivity contribution in [3.05, 3.63) is 29.8 Å². The SMILES string of the molecule is N[C@@H]1c2ccccc2OC12CC1CCC(C2)N1. The van der Waals surface area contributed by atoms with E-state index >= 15 is 0 Å². The third-order valence-corrected chi connectivity index (χ3v) is 4.65. The van der Waals surface area contributed by atoms with Gasteiger partial charge in [-0.25, -0.2) is 0 Å². The molecule has 1 spiro atoms. The average Bonchev–Trinajstić information content (AvgIpc) is 2.80. The summed E-state index contributed by atoms with van der Waals surface area (Å²) in [6, 6.07) is 9.50. The van der Waals surface area contributed by atoms with Gasteiger partial charge >= 0.3 is 0 Å². The first kappa shape index (κ1) is 9.92. The molecule has 2 saturated heterocycles. The molecule has 17 heavy (non-hydrogen) atoms. The van der Waals surface area contributed by atoms with Crippen molar-refractivity contribution >= 4 is 0 Å². The minimum absolute atomic E-state index is 0.0453. The first-order chi connectivity index (χ1) is 8.27. The highest BCUT2D eigenvalue weighted by molar-refractivity contribution is 5.43. The monoisotopic (exact) mass is 230 g/mol. The van der Waals surface area contributed by atoms with Gasteiger partial charge in [-0.2, -0.15) is 0 Å². The van der Waals surface area contributed by atoms with E-state index in [0.717, 1.165) is 18.6 Å². The van der Waals surface area contributed by atoms with E-state index in [2.05, 4.69) is 17.4 Å². The van der Waals surface area contributed by atoms with Crippen LogP contribution in [0.4, 0.5) is 0 Å². The molecule has 0 aliphatic carbocycles. The van der Waals surface area contributed by atoms with Gasteiger partial charge in [0.1, 0.15) is 11.4 Å². The molecule has 0 saturated carbocycles. The van der Waals surface area contributed by atoms with Crippen molar-refractivity contribution in [2.75, 3.05) is 0 Å². The van der Waals surface area contributed by atoms with Crippen LogP contribution in [-0.4, -0.2) is 17.7 Å². The van der Waals surface area contributed by atoms with Crippen molar-refractivity contribution in [3.8, 4) is 5.75 Å². The van der Waals surface area contributed by atoms with Crippen molar-refractivity contribution in [1.82, 2.24) is 5.32 Å². The molecule has 2 unspecified atom stereocenters. The minimum atomic E-state index is -0.138. The molecule has 3 heteroatoms. The minimum Gasteiger partial charge on any atom is -0.485 e. The summed E-state index contributed by atoms with van der Waals surface area (Å²) in [7, 11) is 0. The molecule has 1 aromatic rings. The number of nitrogens with one attached hydrogen (secondary N) is 1. The smallest absolute Gasteiger partial charge is 0.131 e. The fraction of sp³-hybridized carbons (Fsp3) is 0.571. The first-order valence-corrected chi connectivity index (χ1v) is 6.56. The summed E-state index contributed by atoms with van der Waals surface area (Å²) >= 11 is 0. The Morgan fingerprint density at radius 1 is 1.18 bits per heavy atom. The Hall–Kier alpha value is -1.06. The number of rotatable bonds is 0. The number of benzene rings is 1. The molecule has 3 atom stereocenters. The van der Waals surface area contributed by atoms with Crippen LogP contribution < -0.4 is 15.8 Å². The summed E-state index contributed by atoms with van der Waals surface area (Å²) in [6.07, 6.45) is 4.66. The lowest BCUT2D eigenvalue weighted by atomic mass is 9.80. The van der Waals surface area contributed by atoms with Crippen molar-refractivity contribution < 1.29 is 4.74 Å². The van der Waals surface area contributed by atoms with Crippen LogP contribution in [0.15, 0.2) is 24.3 Å². The van der Waals surface area contributed by atoms with E-state index in [1.54, 1.807) is 0 Å². The molecular formula is C14H18N2O. The quantitative estimate of drug-likeness (QED) is 0.713. The summed E-state index contributed by atoms with van der Waals surface area (Å²) in [6.45, 7) is 0. The van der Waals surface area contributed by atoms with E-state index in [4.69, 9.17) is 10.5 Å². The number of ether oxygens (including phenoxy) is 1. The van der Waals surface area contributed by atoms with Crippen LogP contribution >= 0.6 is 0 Å². The van der Waals surface area contributed by atoms with Crippen molar-refractivity contribution in [2.45, 2.75) is 49.4 Å². The molecule has 1 aromatic carbocycles. The summed E-state index contributed by atoms with van der Waals surface area (Å²) in [5.74, 6) is 1.00. The van der Waals surface area contributed by atoms with E-state index in [0.29, 0.717) is 12.1 Å². The Balaban J connectivity index is 1.73. The van der Waals surface area contributed by atoms with E-state index in [9.17, 15) is 0 Å². The number of nitrogens with two attached hydrogens (primary N) is 1. The second-order valence-corrected chi connectivity index (χ2v) is 5.73. The molecule has 3 heterocycles. The molecule has 2 bridgehead atoms. The Kier molecular flexibility index (Phi) is 1.89. The van der Waals surface area contributed by atoms with Crippen LogP contribution in [-0.2, 0) is 0 Å². The summed E-state index contributed by atoms with van der Waals surface area (Å²) < 4.78 is 6.26. The summed E-state index contributed by atoms with van der Waals surface area (Å²) in [4.78, 5) is 0. The van der Waals surface area contributed by atoms with Crippen LogP contribution in [0.3, 0.4) is 0 Å². The molecular weight excluding hydrogens is 212 g/mol. The molecule has 3 aliphatic heterocycles. The third-order valence-electron chi connectivity index (χ3n) is 4.65. The highest BCUT2D eigenvalue weighted by atomic mass is 16.5. The number of para-hydroxylation sites is 1. The Bertz CT molecular complexity index is 447. The number of fused-ring (bicyclic) bond motifs is 3. The molecule has 3 N–H and O–H groups in total. The highest BCUT2D eigenvalue weighted by Gasteiger charge is 2.53. The molecule has 90 valence electrons. The van der Waals surface area contributed by atoms with Gasteiger partial charge in [0.25, 0.3) is 0 Å². The molecule has 0 aromatic heterocycles. The zero-order chi connectivity index (χ0) is 11.5. The second-order valence-electron chi connectivity index (χ2n) is 5.73. The summed E-state index contributed by atoms with van der Waals surface area (Å²) in [5, 5.41) is 3.65. The maximum absolute atomic E-state index is 6.46. The fourth-order valence-electron chi connectivity index (χ4n) is 3.88. The predicted octanol–water partition coefficient (Wildman–Crippen LogP) is 1.73. The van der Waals surface area contributed by atoms with E-state index < -0.39 is 0 Å². The third kappa shape index (κ3) is 1.30. The normalized spacial score (nSPS) is 42.5. The highest BCUT2D eigenvalue weighted by Crippen LogP contribution is 2.50. The lowest BCUT2D eigenvalue weighted by Crippen LogP contribution is -2.54. The topological polar surface area (TPSA) is 47.3 Å². The maximum Gasteiger partial charge on any atom is 0.131 e. The predicted molar refractivity (Wildman–Crippen MR) is 65.9 cm³/mol. The fourth-order valence-corrected chi connectivity index (χ4v) is 3.88. The molecule has 0 amide bonds. The average molecular weight is 230 g/mol. The van der Waals surface area contributed by atoms with Gasteiger partial charge < -0.3 is 15.8 Å². The lowest BCUT2D eigenvalue weighted by molar-refractivity contribution is 0.0183. The summed E-state index contributed by atoms with van der Waals surface area (Å²) in [5.41, 5.74) is 7.51. The largest absolute Gasteiger partial charge is 0.485 e. The van der Waals surface area contributed by atoms with Gasteiger partial charge in [-0.15, -0.1) is 0 Å². The maximum atomic E-state index is 6.46. The van der Waals surface area contributed by atoms with Gasteiger partial charge in [0, 0.05) is 30.5 Å². The number of hydrogen-bond donors (Lipinski definition) is 2. The number of hydrogen-bond acceptors (Lipinski definition) is 3. The van der Waals surface area contributed by atoms with E-state index in [-0.39, 0.29) is 11.6 Å². The Morgan fingerprint density at radius 2 is 1.88 bits per heavy atom. The van der Waals surface area contributed by atoms with Gasteiger partial charge in [0.15, 0.2) is 0 Å². The van der Waals surface area contributed by atoms with Crippen LogP contribution in [0, 0.1) is 0 Å². The molecule has 3 aliphatic rings. The first-order valence-electron chi connectivity index (χ1n) is 6.56. The standard InChI is InChI=1S/C14H18N2O/c15-13-11-3-1-2-4-12(11)17-14(13)7-9-5-6-10(8-14)16-9/h1-4,9-10,13,16H,5-8,15H2/t9?,10?,13-,14?/m1/s1. The lowest BCUT2D eigenvalue weighted by Gasteiger charge is -2.40. The molecule has 3 nitrogen and oxygen atoms in total. The van der Waals surface area contributed by atoms with Crippen molar-refractivity contribution in [3.63, 3.8) is 0 Å². The molecule has 4 rings (SSSR count). The van der Waals surface area contributed by atoms with Crippen LogP contribution in [0.25, 0.3) is 0 Å². The Labute approximate surface area is 101 Å². The van der Waals surface area contributed by atoms with Gasteiger partial charge in [-0.3, -0.25) is 0 Å². The van der Waals surface area contributed by atoms with Gasteiger partial charge in [-0.1, -0.05) is 18.2 Å². The van der Waals surface area contributed by atoms with Crippen molar-refractivity contribution in [1.29, 1.82) is 0 Å². The van der Waals surface area contributed by atoms with Crippen LogP contribution in [0.1, 0.15) is 37.3 Å². The van der Waals surface area contributed by atoms with Gasteiger partial charge in [0.05, 0.1) is 6.04 Å².